The van der Waals surface area contributed by atoms with Gasteiger partial charge in [0, 0.05) is 37.4 Å². The van der Waals surface area contributed by atoms with E-state index in [1.807, 2.05) is 22.6 Å². The van der Waals surface area contributed by atoms with E-state index in [2.05, 4.69) is 15.4 Å². The summed E-state index contributed by atoms with van der Waals surface area (Å²) in [6.45, 7) is 1.51. The van der Waals surface area contributed by atoms with E-state index in [0.717, 1.165) is 16.4 Å². The number of ether oxygens (including phenoxy) is 1. The molecule has 0 spiro atoms. The van der Waals surface area contributed by atoms with E-state index >= 15 is 0 Å². The van der Waals surface area contributed by atoms with Gasteiger partial charge >= 0.3 is 10.2 Å². The van der Waals surface area contributed by atoms with Gasteiger partial charge in [-0.3, -0.25) is 4.72 Å². The highest BCUT2D eigenvalue weighted by Gasteiger charge is 2.22. The van der Waals surface area contributed by atoms with Crippen molar-refractivity contribution < 1.29 is 26.3 Å². The third kappa shape index (κ3) is 6.70. The van der Waals surface area contributed by atoms with E-state index < -0.39 is 33.3 Å². The van der Waals surface area contributed by atoms with Crippen molar-refractivity contribution in [2.75, 3.05) is 50.4 Å². The Hall–Kier alpha value is -1.61. The van der Waals surface area contributed by atoms with Gasteiger partial charge in [0.25, 0.3) is 0 Å². The molecule has 0 unspecified atom stereocenters. The molecule has 12 heteroatoms. The number of benzene rings is 2. The first kappa shape index (κ1) is 24.7. The molecule has 0 saturated carbocycles. The molecule has 0 aromatic heterocycles. The van der Waals surface area contributed by atoms with Crippen molar-refractivity contribution in [3.63, 3.8) is 0 Å². The zero-order valence-corrected chi connectivity index (χ0v) is 19.3. The van der Waals surface area contributed by atoms with Crippen LogP contribution in [0, 0.1) is 21.0 Å². The topological polar surface area (TPSA) is 82.7 Å². The normalized spacial score (nSPS) is 11.7. The lowest BCUT2D eigenvalue weighted by molar-refractivity contribution is 0.199. The number of likely N-dealkylation sites (N-methyl/N-ethyl adjacent to an activating group) is 1. The van der Waals surface area contributed by atoms with Crippen molar-refractivity contribution in [1.29, 1.82) is 0 Å². The number of anilines is 3. The molecule has 2 rings (SSSR count). The zero-order chi connectivity index (χ0) is 22.3. The summed E-state index contributed by atoms with van der Waals surface area (Å²) < 4.78 is 76.2. The van der Waals surface area contributed by atoms with Crippen LogP contribution in [0.2, 0.25) is 0 Å². The average Bonchev–Trinajstić information content (AvgIpc) is 2.68. The Labute approximate surface area is 187 Å². The second kappa shape index (κ2) is 11.1. The van der Waals surface area contributed by atoms with Crippen LogP contribution in [0.4, 0.5) is 30.2 Å². The first-order valence-corrected chi connectivity index (χ1v) is 11.3. The summed E-state index contributed by atoms with van der Waals surface area (Å²) in [5, 5.41) is 5.44. The lowest BCUT2D eigenvalue weighted by Gasteiger charge is -2.21. The molecule has 2 aromatic carbocycles. The SMILES string of the molecule is COCCNCCN(C)S(=O)(=O)Nc1ccc(F)c(F)c1Nc1ccc(I)cc1F. The van der Waals surface area contributed by atoms with Crippen molar-refractivity contribution in [3.05, 3.63) is 51.4 Å². The molecule has 0 amide bonds. The molecular weight excluding hydrogens is 536 g/mol. The van der Waals surface area contributed by atoms with Gasteiger partial charge in [0.05, 0.1) is 18.0 Å². The van der Waals surface area contributed by atoms with Gasteiger partial charge in [-0.2, -0.15) is 12.7 Å². The Morgan fingerprint density at radius 2 is 1.77 bits per heavy atom. The largest absolute Gasteiger partial charge is 0.383 e. The lowest BCUT2D eigenvalue weighted by atomic mass is 10.2. The van der Waals surface area contributed by atoms with Crippen molar-refractivity contribution in [1.82, 2.24) is 9.62 Å². The van der Waals surface area contributed by atoms with Gasteiger partial charge in [-0.1, -0.05) is 0 Å². The first-order valence-electron chi connectivity index (χ1n) is 8.79. The van der Waals surface area contributed by atoms with Crippen LogP contribution in [0.5, 0.6) is 0 Å². The molecule has 30 heavy (non-hydrogen) atoms. The van der Waals surface area contributed by atoms with E-state index in [1.165, 1.54) is 19.2 Å². The van der Waals surface area contributed by atoms with Gasteiger partial charge in [-0.15, -0.1) is 0 Å². The first-order chi connectivity index (χ1) is 14.2. The van der Waals surface area contributed by atoms with Gasteiger partial charge in [0.2, 0.25) is 0 Å². The summed E-state index contributed by atoms with van der Waals surface area (Å²) in [4.78, 5) is 0. The fourth-order valence-electron chi connectivity index (χ4n) is 2.36. The maximum atomic E-state index is 14.4. The maximum Gasteiger partial charge on any atom is 0.301 e. The molecule has 0 radical (unpaired) electrons. The Balaban J connectivity index is 2.21. The van der Waals surface area contributed by atoms with E-state index in [4.69, 9.17) is 4.74 Å². The lowest BCUT2D eigenvalue weighted by Crippen LogP contribution is -2.38. The summed E-state index contributed by atoms with van der Waals surface area (Å²) in [7, 11) is -1.19. The second-order valence-corrected chi connectivity index (χ2v) is 9.23. The number of nitrogens with one attached hydrogen (secondary N) is 3. The molecule has 0 aliphatic heterocycles. The monoisotopic (exact) mass is 558 g/mol. The van der Waals surface area contributed by atoms with Crippen LogP contribution in [0.3, 0.4) is 0 Å². The summed E-state index contributed by atoms with van der Waals surface area (Å²) in [6.07, 6.45) is 0. The summed E-state index contributed by atoms with van der Waals surface area (Å²) >= 11 is 1.90. The minimum Gasteiger partial charge on any atom is -0.383 e. The molecule has 166 valence electrons. The summed E-state index contributed by atoms with van der Waals surface area (Å²) in [6, 6.07) is 5.96. The number of hydrogen-bond donors (Lipinski definition) is 3. The molecule has 0 heterocycles. The van der Waals surface area contributed by atoms with E-state index in [1.54, 1.807) is 13.2 Å². The Morgan fingerprint density at radius 3 is 2.43 bits per heavy atom. The van der Waals surface area contributed by atoms with Crippen molar-refractivity contribution in [2.45, 2.75) is 0 Å². The number of halogens is 4. The highest BCUT2D eigenvalue weighted by molar-refractivity contribution is 14.1. The fourth-order valence-corrected chi connectivity index (χ4v) is 3.74. The molecule has 3 N–H and O–H groups in total. The standard InChI is InChI=1S/C18H22F3IN4O3S/c1-26(9-7-23-8-10-29-2)30(27,28)25-16-6-4-13(19)17(21)18(16)24-15-5-3-12(22)11-14(15)20/h3-6,11,23-25H,7-10H2,1-2H3. The molecule has 2 aromatic rings. The van der Waals surface area contributed by atoms with Crippen LogP contribution in [0.15, 0.2) is 30.3 Å². The Bertz CT molecular complexity index is 979. The minimum absolute atomic E-state index is 0.122. The van der Waals surface area contributed by atoms with Crippen LogP contribution >= 0.6 is 22.6 Å². The van der Waals surface area contributed by atoms with Gasteiger partial charge in [0.1, 0.15) is 11.5 Å². The van der Waals surface area contributed by atoms with Crippen LogP contribution in [-0.4, -0.2) is 53.1 Å². The number of nitrogens with zero attached hydrogens (tertiary/aromatic N) is 1. The molecule has 0 bridgehead atoms. The van der Waals surface area contributed by atoms with Gasteiger partial charge in [-0.05, 0) is 52.9 Å². The molecule has 0 saturated heterocycles. The van der Waals surface area contributed by atoms with Crippen LogP contribution < -0.4 is 15.4 Å². The highest BCUT2D eigenvalue weighted by atomic mass is 127. The Morgan fingerprint density at radius 1 is 1.07 bits per heavy atom. The number of methoxy groups -OCH3 is 1. The molecule has 7 nitrogen and oxygen atoms in total. The molecule has 0 fully saturated rings. The van der Waals surface area contributed by atoms with Crippen LogP contribution in [-0.2, 0) is 14.9 Å². The summed E-state index contributed by atoms with van der Waals surface area (Å²) in [5.41, 5.74) is -0.910. The van der Waals surface area contributed by atoms with Crippen LogP contribution in [0.25, 0.3) is 0 Å². The summed E-state index contributed by atoms with van der Waals surface area (Å²) in [5.74, 6) is -3.24. The van der Waals surface area contributed by atoms with Crippen LogP contribution in [0.1, 0.15) is 0 Å². The van der Waals surface area contributed by atoms with Gasteiger partial charge < -0.3 is 15.4 Å². The van der Waals surface area contributed by atoms with E-state index in [9.17, 15) is 21.6 Å². The van der Waals surface area contributed by atoms with Crippen molar-refractivity contribution in [3.8, 4) is 0 Å². The molecule has 0 aliphatic rings. The predicted molar refractivity (Wildman–Crippen MR) is 119 cm³/mol. The van der Waals surface area contributed by atoms with E-state index in [-0.39, 0.29) is 17.9 Å². The van der Waals surface area contributed by atoms with Gasteiger partial charge in [-0.25, -0.2) is 13.2 Å². The van der Waals surface area contributed by atoms with Gasteiger partial charge in [0.15, 0.2) is 11.6 Å². The van der Waals surface area contributed by atoms with Crippen molar-refractivity contribution >= 4 is 49.9 Å². The maximum absolute atomic E-state index is 14.4. The third-order valence-corrected chi connectivity index (χ3v) is 6.17. The fraction of sp³-hybridized carbons (Fsp3) is 0.333. The molecular formula is C18H22F3IN4O3S. The third-order valence-electron chi connectivity index (χ3n) is 4.02. The molecule has 0 atom stereocenters. The number of hydrogen-bond acceptors (Lipinski definition) is 5. The second-order valence-electron chi connectivity index (χ2n) is 6.20. The minimum atomic E-state index is -4.08. The zero-order valence-electron chi connectivity index (χ0n) is 16.3. The van der Waals surface area contributed by atoms with E-state index in [0.29, 0.717) is 23.3 Å². The Kier molecular flexibility index (Phi) is 9.15. The smallest absolute Gasteiger partial charge is 0.301 e. The highest BCUT2D eigenvalue weighted by Crippen LogP contribution is 2.32. The predicted octanol–water partition coefficient (Wildman–Crippen LogP) is 3.28. The number of rotatable bonds is 11. The average molecular weight is 558 g/mol. The quantitative estimate of drug-likeness (QED) is 0.292. The molecule has 0 aliphatic carbocycles. The van der Waals surface area contributed by atoms with Crippen molar-refractivity contribution in [2.24, 2.45) is 0 Å².